The summed E-state index contributed by atoms with van der Waals surface area (Å²) in [6, 6.07) is 0. The van der Waals surface area contributed by atoms with Crippen LogP contribution in [0.4, 0.5) is 0 Å². The number of hydrogen-bond donors (Lipinski definition) is 1. The fraction of sp³-hybridized carbons (Fsp3) is 0.929. The van der Waals surface area contributed by atoms with Crippen LogP contribution in [-0.4, -0.2) is 31.7 Å². The SMILES string of the molecule is CC(=O)NCB1OC2C[C@@H]3C[C@H](C(C)C2O1)C3(C)C. The molecule has 2 bridgehead atoms. The molecule has 1 aliphatic heterocycles. The van der Waals surface area contributed by atoms with Crippen molar-refractivity contribution in [1.29, 1.82) is 0 Å². The molecule has 5 heteroatoms. The normalized spacial score (nSPS) is 43.2. The van der Waals surface area contributed by atoms with Crippen LogP contribution in [0.1, 0.15) is 40.5 Å². The maximum atomic E-state index is 11.0. The van der Waals surface area contributed by atoms with Crippen molar-refractivity contribution in [3.63, 3.8) is 0 Å². The Hall–Kier alpha value is -0.545. The lowest BCUT2D eigenvalue weighted by molar-refractivity contribution is -0.118. The quantitative estimate of drug-likeness (QED) is 0.772. The lowest BCUT2D eigenvalue weighted by Gasteiger charge is -2.53. The van der Waals surface area contributed by atoms with Crippen molar-refractivity contribution in [3.8, 4) is 0 Å². The van der Waals surface area contributed by atoms with Gasteiger partial charge in [-0.1, -0.05) is 20.8 Å². The molecular formula is C14H24BNO3. The second kappa shape index (κ2) is 4.49. The van der Waals surface area contributed by atoms with E-state index in [-0.39, 0.29) is 25.2 Å². The lowest BCUT2D eigenvalue weighted by Crippen LogP contribution is -2.48. The van der Waals surface area contributed by atoms with Crippen LogP contribution in [0, 0.1) is 23.2 Å². The molecule has 0 spiro atoms. The third-order valence-electron chi connectivity index (χ3n) is 5.74. The molecule has 5 atom stereocenters. The third kappa shape index (κ3) is 2.11. The van der Waals surface area contributed by atoms with Crippen LogP contribution in [0.25, 0.3) is 0 Å². The first-order valence-corrected chi connectivity index (χ1v) is 7.45. The molecule has 4 fully saturated rings. The standard InChI is InChI=1S/C14H24BNO3/c1-8-11-5-10(14(11,3)4)6-12-13(8)19-15(18-12)7-16-9(2)17/h8,10-13H,5-7H2,1-4H3,(H,16,17)/t8?,10-,11+,12?,13?/m0/s1. The van der Waals surface area contributed by atoms with Gasteiger partial charge in [0.1, 0.15) is 0 Å². The zero-order valence-corrected chi connectivity index (χ0v) is 12.3. The molecule has 3 saturated carbocycles. The first kappa shape index (κ1) is 13.4. The van der Waals surface area contributed by atoms with E-state index in [0.717, 1.165) is 18.3 Å². The minimum atomic E-state index is -0.262. The Kier molecular flexibility index (Phi) is 3.17. The number of carbonyl (C=O) groups excluding carboxylic acids is 1. The molecular weight excluding hydrogens is 241 g/mol. The van der Waals surface area contributed by atoms with E-state index in [2.05, 4.69) is 26.1 Å². The van der Waals surface area contributed by atoms with Gasteiger partial charge in [0.15, 0.2) is 0 Å². The third-order valence-corrected chi connectivity index (χ3v) is 5.74. The maximum Gasteiger partial charge on any atom is 0.478 e. The Morgan fingerprint density at radius 1 is 1.37 bits per heavy atom. The molecule has 1 heterocycles. The number of nitrogens with one attached hydrogen (secondary N) is 1. The van der Waals surface area contributed by atoms with Crippen molar-refractivity contribution >= 4 is 13.0 Å². The topological polar surface area (TPSA) is 47.6 Å². The summed E-state index contributed by atoms with van der Waals surface area (Å²) in [7, 11) is -0.262. The average molecular weight is 265 g/mol. The molecule has 1 amide bonds. The van der Waals surface area contributed by atoms with Crippen molar-refractivity contribution in [3.05, 3.63) is 0 Å². The molecule has 19 heavy (non-hydrogen) atoms. The Bertz CT molecular complexity index is 387. The zero-order valence-electron chi connectivity index (χ0n) is 12.3. The fourth-order valence-corrected chi connectivity index (χ4v) is 4.40. The van der Waals surface area contributed by atoms with E-state index in [9.17, 15) is 4.79 Å². The van der Waals surface area contributed by atoms with Gasteiger partial charge in [0.05, 0.1) is 18.7 Å². The number of hydrogen-bond acceptors (Lipinski definition) is 3. The minimum absolute atomic E-state index is 0.0312. The molecule has 106 valence electrons. The molecule has 4 aliphatic rings. The number of rotatable bonds is 2. The predicted molar refractivity (Wildman–Crippen MR) is 73.3 cm³/mol. The van der Waals surface area contributed by atoms with Crippen LogP contribution in [0.2, 0.25) is 0 Å². The average Bonchev–Trinajstić information content (AvgIpc) is 2.65. The number of carbonyl (C=O) groups is 1. The van der Waals surface area contributed by atoms with Gasteiger partial charge in [-0.2, -0.15) is 0 Å². The van der Waals surface area contributed by atoms with Gasteiger partial charge in [-0.15, -0.1) is 0 Å². The minimum Gasteiger partial charge on any atom is -0.405 e. The Labute approximate surface area is 115 Å². The van der Waals surface area contributed by atoms with Gasteiger partial charge in [-0.3, -0.25) is 4.79 Å². The van der Waals surface area contributed by atoms with Crippen LogP contribution in [0.5, 0.6) is 0 Å². The molecule has 0 radical (unpaired) electrons. The first-order chi connectivity index (χ1) is 8.89. The molecule has 0 aromatic heterocycles. The zero-order chi connectivity index (χ0) is 13.8. The molecule has 3 unspecified atom stereocenters. The highest BCUT2D eigenvalue weighted by Crippen LogP contribution is 2.60. The van der Waals surface area contributed by atoms with Crippen molar-refractivity contribution in [2.24, 2.45) is 23.2 Å². The second-order valence-electron chi connectivity index (χ2n) is 7.10. The second-order valence-corrected chi connectivity index (χ2v) is 7.10. The van der Waals surface area contributed by atoms with Crippen LogP contribution >= 0.6 is 0 Å². The van der Waals surface area contributed by atoms with Gasteiger partial charge in [0, 0.05) is 6.92 Å². The van der Waals surface area contributed by atoms with E-state index in [1.54, 1.807) is 0 Å². The lowest BCUT2D eigenvalue weighted by atomic mass is 9.52. The summed E-state index contributed by atoms with van der Waals surface area (Å²) in [6.07, 6.45) is 3.31. The fourth-order valence-electron chi connectivity index (χ4n) is 4.40. The molecule has 1 N–H and O–H groups in total. The molecule has 1 saturated heterocycles. The van der Waals surface area contributed by atoms with Crippen molar-refractivity contribution in [2.45, 2.75) is 52.7 Å². The van der Waals surface area contributed by atoms with Crippen molar-refractivity contribution in [1.82, 2.24) is 5.32 Å². The van der Waals surface area contributed by atoms with Crippen LogP contribution < -0.4 is 5.32 Å². The number of amides is 1. The van der Waals surface area contributed by atoms with E-state index in [1.165, 1.54) is 13.3 Å². The Morgan fingerprint density at radius 2 is 2.11 bits per heavy atom. The van der Waals surface area contributed by atoms with E-state index >= 15 is 0 Å². The molecule has 4 nitrogen and oxygen atoms in total. The summed E-state index contributed by atoms with van der Waals surface area (Å²) in [5.41, 5.74) is 0.434. The monoisotopic (exact) mass is 265 g/mol. The summed E-state index contributed by atoms with van der Waals surface area (Å²) in [5, 5.41) is 2.78. The van der Waals surface area contributed by atoms with Gasteiger partial charge in [0.2, 0.25) is 5.91 Å². The molecule has 0 aromatic rings. The van der Waals surface area contributed by atoms with Crippen molar-refractivity contribution < 1.29 is 14.1 Å². The van der Waals surface area contributed by atoms with Gasteiger partial charge in [0.25, 0.3) is 0 Å². The summed E-state index contributed by atoms with van der Waals surface area (Å²) in [5.74, 6) is 2.02. The van der Waals surface area contributed by atoms with E-state index in [1.807, 2.05) is 0 Å². The first-order valence-electron chi connectivity index (χ1n) is 7.45. The smallest absolute Gasteiger partial charge is 0.405 e. The highest BCUT2D eigenvalue weighted by Gasteiger charge is 2.59. The van der Waals surface area contributed by atoms with Gasteiger partial charge in [-0.25, -0.2) is 0 Å². The Morgan fingerprint density at radius 3 is 2.74 bits per heavy atom. The molecule has 3 aliphatic carbocycles. The van der Waals surface area contributed by atoms with Crippen LogP contribution in [-0.2, 0) is 14.1 Å². The predicted octanol–water partition coefficient (Wildman–Crippen LogP) is 1.64. The maximum absolute atomic E-state index is 11.0. The van der Waals surface area contributed by atoms with Gasteiger partial charge >= 0.3 is 7.12 Å². The summed E-state index contributed by atoms with van der Waals surface area (Å²) >= 11 is 0. The van der Waals surface area contributed by atoms with Crippen LogP contribution in [0.15, 0.2) is 0 Å². The van der Waals surface area contributed by atoms with Crippen molar-refractivity contribution in [2.75, 3.05) is 6.44 Å². The van der Waals surface area contributed by atoms with E-state index < -0.39 is 0 Å². The highest BCUT2D eigenvalue weighted by molar-refractivity contribution is 6.45. The van der Waals surface area contributed by atoms with E-state index in [0.29, 0.717) is 17.8 Å². The van der Waals surface area contributed by atoms with E-state index in [4.69, 9.17) is 9.31 Å². The highest BCUT2D eigenvalue weighted by atomic mass is 16.7. The van der Waals surface area contributed by atoms with Gasteiger partial charge < -0.3 is 14.6 Å². The largest absolute Gasteiger partial charge is 0.478 e. The molecule has 4 rings (SSSR count). The molecule has 0 aromatic carbocycles. The van der Waals surface area contributed by atoms with Gasteiger partial charge in [-0.05, 0) is 36.0 Å². The summed E-state index contributed by atoms with van der Waals surface area (Å²) < 4.78 is 12.1. The Balaban J connectivity index is 1.66. The summed E-state index contributed by atoms with van der Waals surface area (Å²) in [6.45, 7) is 8.60. The summed E-state index contributed by atoms with van der Waals surface area (Å²) in [4.78, 5) is 11.0. The van der Waals surface area contributed by atoms with Crippen LogP contribution in [0.3, 0.4) is 0 Å².